The lowest BCUT2D eigenvalue weighted by Crippen LogP contribution is -1.98. The molecule has 2 aromatic rings. The minimum atomic E-state index is 0.0866. The van der Waals surface area contributed by atoms with Gasteiger partial charge in [0.2, 0.25) is 5.78 Å². The van der Waals surface area contributed by atoms with Crippen molar-refractivity contribution in [2.75, 3.05) is 6.61 Å². The van der Waals surface area contributed by atoms with E-state index >= 15 is 0 Å². The van der Waals surface area contributed by atoms with Gasteiger partial charge in [0.05, 0.1) is 11.5 Å². The Labute approximate surface area is 118 Å². The molecule has 2 heterocycles. The fourth-order valence-electron chi connectivity index (χ4n) is 2.04. The first kappa shape index (κ1) is 11.9. The van der Waals surface area contributed by atoms with Crippen molar-refractivity contribution in [3.05, 3.63) is 49.6 Å². The monoisotopic (exact) mass is 322 g/mol. The Morgan fingerprint density at radius 1 is 1.39 bits per heavy atom. The molecule has 3 rings (SSSR count). The van der Waals surface area contributed by atoms with Crippen molar-refractivity contribution in [1.82, 2.24) is 0 Å². The predicted molar refractivity (Wildman–Crippen MR) is 75.8 cm³/mol. The second-order valence-corrected chi connectivity index (χ2v) is 6.38. The zero-order chi connectivity index (χ0) is 12.7. The molecule has 0 fully saturated rings. The Balaban J connectivity index is 1.97. The van der Waals surface area contributed by atoms with Crippen molar-refractivity contribution in [3.8, 4) is 5.75 Å². The van der Waals surface area contributed by atoms with Crippen LogP contribution in [-0.4, -0.2) is 12.4 Å². The van der Waals surface area contributed by atoms with E-state index in [9.17, 15) is 4.79 Å². The molecule has 0 bridgehead atoms. The lowest BCUT2D eigenvalue weighted by Gasteiger charge is -2.01. The van der Waals surface area contributed by atoms with Crippen molar-refractivity contribution in [1.29, 1.82) is 0 Å². The summed E-state index contributed by atoms with van der Waals surface area (Å²) in [5.74, 6) is 0.999. The molecular weight excluding hydrogens is 312 g/mol. The number of hydrogen-bond acceptors (Lipinski definition) is 3. The Morgan fingerprint density at radius 2 is 2.22 bits per heavy atom. The summed E-state index contributed by atoms with van der Waals surface area (Å²) in [7, 11) is 0. The van der Waals surface area contributed by atoms with Crippen LogP contribution in [0.25, 0.3) is 0 Å². The lowest BCUT2D eigenvalue weighted by molar-refractivity contribution is 0.104. The second kappa shape index (κ2) is 4.52. The number of rotatable bonds is 2. The van der Waals surface area contributed by atoms with Crippen molar-refractivity contribution in [2.24, 2.45) is 0 Å². The Morgan fingerprint density at radius 3 is 2.94 bits per heavy atom. The van der Waals surface area contributed by atoms with Crippen LogP contribution in [0.4, 0.5) is 0 Å². The van der Waals surface area contributed by atoms with E-state index in [1.54, 1.807) is 0 Å². The maximum atomic E-state index is 12.4. The highest BCUT2D eigenvalue weighted by molar-refractivity contribution is 9.10. The van der Waals surface area contributed by atoms with Gasteiger partial charge in [-0.3, -0.25) is 4.79 Å². The number of carbonyl (C=O) groups is 1. The highest BCUT2D eigenvalue weighted by Gasteiger charge is 2.17. The second-order valence-electron chi connectivity index (χ2n) is 4.26. The first-order chi connectivity index (χ1) is 8.65. The molecule has 18 heavy (non-hydrogen) atoms. The molecule has 0 spiro atoms. The smallest absolute Gasteiger partial charge is 0.203 e. The van der Waals surface area contributed by atoms with Crippen LogP contribution < -0.4 is 4.74 Å². The molecule has 1 aromatic carbocycles. The zero-order valence-corrected chi connectivity index (χ0v) is 12.2. The SMILES string of the molecule is Cc1sc(C(=O)c2ccc3c(c2)CCO3)cc1Br. The largest absolute Gasteiger partial charge is 0.493 e. The van der Waals surface area contributed by atoms with E-state index in [1.807, 2.05) is 31.2 Å². The quantitative estimate of drug-likeness (QED) is 0.781. The number of ether oxygens (including phenoxy) is 1. The Kier molecular flexibility index (Phi) is 2.99. The van der Waals surface area contributed by atoms with Gasteiger partial charge < -0.3 is 4.74 Å². The van der Waals surface area contributed by atoms with Crippen LogP contribution in [0.15, 0.2) is 28.7 Å². The van der Waals surface area contributed by atoms with Gasteiger partial charge in [0, 0.05) is 21.3 Å². The van der Waals surface area contributed by atoms with Crippen LogP contribution in [0, 0.1) is 6.92 Å². The molecule has 1 aliphatic heterocycles. The third-order valence-corrected chi connectivity index (χ3v) is 5.17. The number of thiophene rings is 1. The van der Waals surface area contributed by atoms with Crippen LogP contribution >= 0.6 is 27.3 Å². The minimum absolute atomic E-state index is 0.0866. The van der Waals surface area contributed by atoms with Gasteiger partial charge >= 0.3 is 0 Å². The molecule has 92 valence electrons. The average Bonchev–Trinajstić information content (AvgIpc) is 2.95. The molecule has 0 amide bonds. The van der Waals surface area contributed by atoms with Crippen LogP contribution in [0.2, 0.25) is 0 Å². The number of fused-ring (bicyclic) bond motifs is 1. The summed E-state index contributed by atoms with van der Waals surface area (Å²) in [5.41, 5.74) is 1.88. The molecule has 0 N–H and O–H groups in total. The Hall–Kier alpha value is -1.13. The predicted octanol–water partition coefficient (Wildman–Crippen LogP) is 3.98. The third-order valence-electron chi connectivity index (χ3n) is 3.03. The zero-order valence-electron chi connectivity index (χ0n) is 9.83. The summed E-state index contributed by atoms with van der Waals surface area (Å²) in [6, 6.07) is 7.58. The number of aryl methyl sites for hydroxylation is 1. The van der Waals surface area contributed by atoms with E-state index in [4.69, 9.17) is 4.74 Å². The number of halogens is 1. The van der Waals surface area contributed by atoms with Crippen LogP contribution in [-0.2, 0) is 6.42 Å². The van der Waals surface area contributed by atoms with E-state index in [2.05, 4.69) is 15.9 Å². The fraction of sp³-hybridized carbons (Fsp3) is 0.214. The summed E-state index contributed by atoms with van der Waals surface area (Å²) in [4.78, 5) is 14.3. The van der Waals surface area contributed by atoms with E-state index in [-0.39, 0.29) is 5.78 Å². The average molecular weight is 323 g/mol. The summed E-state index contributed by atoms with van der Waals surface area (Å²) in [6.45, 7) is 2.72. The van der Waals surface area contributed by atoms with Crippen molar-refractivity contribution in [3.63, 3.8) is 0 Å². The third kappa shape index (κ3) is 1.99. The molecule has 0 atom stereocenters. The molecule has 0 aliphatic carbocycles. The molecule has 2 nitrogen and oxygen atoms in total. The van der Waals surface area contributed by atoms with Gasteiger partial charge in [0.15, 0.2) is 0 Å². The maximum Gasteiger partial charge on any atom is 0.203 e. The van der Waals surface area contributed by atoms with Gasteiger partial charge in [0.25, 0.3) is 0 Å². The van der Waals surface area contributed by atoms with Crippen molar-refractivity contribution >= 4 is 33.0 Å². The number of benzene rings is 1. The molecule has 1 aliphatic rings. The number of hydrogen-bond donors (Lipinski definition) is 0. The molecular formula is C14H11BrO2S. The lowest BCUT2D eigenvalue weighted by atomic mass is 10.0. The number of carbonyl (C=O) groups excluding carboxylic acids is 1. The van der Waals surface area contributed by atoms with Crippen LogP contribution in [0.3, 0.4) is 0 Å². The standard InChI is InChI=1S/C14H11BrO2S/c1-8-11(15)7-13(18-8)14(16)10-2-3-12-9(6-10)4-5-17-12/h2-3,6-7H,4-5H2,1H3. The molecule has 0 radical (unpaired) electrons. The van der Waals surface area contributed by atoms with Gasteiger partial charge in [0.1, 0.15) is 5.75 Å². The van der Waals surface area contributed by atoms with E-state index in [1.165, 1.54) is 11.3 Å². The van der Waals surface area contributed by atoms with Crippen molar-refractivity contribution in [2.45, 2.75) is 13.3 Å². The van der Waals surface area contributed by atoms with Crippen LogP contribution in [0.1, 0.15) is 25.7 Å². The molecule has 1 aromatic heterocycles. The summed E-state index contributed by atoms with van der Waals surface area (Å²) in [5, 5.41) is 0. The minimum Gasteiger partial charge on any atom is -0.493 e. The van der Waals surface area contributed by atoms with Gasteiger partial charge in [-0.2, -0.15) is 0 Å². The first-order valence-electron chi connectivity index (χ1n) is 5.71. The normalized spacial score (nSPS) is 13.2. The van der Waals surface area contributed by atoms with E-state index in [0.29, 0.717) is 0 Å². The van der Waals surface area contributed by atoms with E-state index < -0.39 is 0 Å². The topological polar surface area (TPSA) is 26.3 Å². The summed E-state index contributed by atoms with van der Waals surface area (Å²) < 4.78 is 6.45. The Bertz CT molecular complexity index is 611. The summed E-state index contributed by atoms with van der Waals surface area (Å²) >= 11 is 4.97. The molecule has 0 saturated heterocycles. The molecule has 0 unspecified atom stereocenters. The highest BCUT2D eigenvalue weighted by Crippen LogP contribution is 2.30. The summed E-state index contributed by atoms with van der Waals surface area (Å²) in [6.07, 6.45) is 0.892. The van der Waals surface area contributed by atoms with E-state index in [0.717, 1.165) is 44.1 Å². The number of ketones is 1. The van der Waals surface area contributed by atoms with Gasteiger partial charge in [-0.15, -0.1) is 11.3 Å². The van der Waals surface area contributed by atoms with Crippen LogP contribution in [0.5, 0.6) is 5.75 Å². The fourth-order valence-corrected chi connectivity index (χ4v) is 3.54. The molecule has 0 saturated carbocycles. The highest BCUT2D eigenvalue weighted by atomic mass is 79.9. The maximum absolute atomic E-state index is 12.4. The van der Waals surface area contributed by atoms with Gasteiger partial charge in [-0.25, -0.2) is 0 Å². The first-order valence-corrected chi connectivity index (χ1v) is 7.32. The van der Waals surface area contributed by atoms with Gasteiger partial charge in [-0.05, 0) is 52.7 Å². The van der Waals surface area contributed by atoms with Crippen molar-refractivity contribution < 1.29 is 9.53 Å². The van der Waals surface area contributed by atoms with Gasteiger partial charge in [-0.1, -0.05) is 0 Å². The molecule has 4 heteroatoms.